The Labute approximate surface area is 224 Å². The average molecular weight is 532 g/mol. The third-order valence-electron chi connectivity index (χ3n) is 7.07. The van der Waals surface area contributed by atoms with E-state index in [1.54, 1.807) is 25.1 Å². The largest absolute Gasteiger partial charge is 0.481 e. The van der Waals surface area contributed by atoms with Crippen LogP contribution in [0.25, 0.3) is 10.8 Å². The summed E-state index contributed by atoms with van der Waals surface area (Å²) in [6.45, 7) is 3.28. The number of hydrogen-bond donors (Lipinski definition) is 4. The molecule has 1 aliphatic rings. The number of imide groups is 1. The zero-order valence-electron chi connectivity index (χ0n) is 21.5. The molecule has 0 fully saturated rings. The first-order chi connectivity index (χ1) is 18.6. The number of benzene rings is 2. The molecule has 2 aromatic carbocycles. The number of nitrogens with one attached hydrogen (secondary N) is 2. The highest BCUT2D eigenvalue weighted by molar-refractivity contribution is 6.23. The number of hydrogen-bond acceptors (Lipinski definition) is 7. The monoisotopic (exact) mass is 531 g/mol. The second-order valence-corrected chi connectivity index (χ2v) is 9.52. The number of fused-ring (bicyclic) bond motifs is 2. The Hall–Kier alpha value is -4.64. The summed E-state index contributed by atoms with van der Waals surface area (Å²) in [5, 5.41) is 11.7. The zero-order valence-corrected chi connectivity index (χ0v) is 21.5. The summed E-state index contributed by atoms with van der Waals surface area (Å²) in [6, 6.07) is 13.6. The molecule has 2 heterocycles. The fraction of sp³-hybridized carbons (Fsp3) is 0.286. The number of hydrazine groups is 1. The predicted molar refractivity (Wildman–Crippen MR) is 141 cm³/mol. The van der Waals surface area contributed by atoms with Gasteiger partial charge in [0, 0.05) is 18.3 Å². The van der Waals surface area contributed by atoms with Crippen molar-refractivity contribution in [1.29, 1.82) is 0 Å². The van der Waals surface area contributed by atoms with Gasteiger partial charge in [0.15, 0.2) is 0 Å². The lowest BCUT2D eigenvalue weighted by atomic mass is 9.78. The minimum absolute atomic E-state index is 0.163. The van der Waals surface area contributed by atoms with Gasteiger partial charge in [-0.25, -0.2) is 0 Å². The molecule has 5 N–H and O–H groups in total. The van der Waals surface area contributed by atoms with Crippen molar-refractivity contribution >= 4 is 40.4 Å². The van der Waals surface area contributed by atoms with E-state index in [9.17, 15) is 29.1 Å². The third kappa shape index (κ3) is 5.34. The Morgan fingerprint density at radius 2 is 1.62 bits per heavy atom. The summed E-state index contributed by atoms with van der Waals surface area (Å²) >= 11 is 0. The van der Waals surface area contributed by atoms with Crippen molar-refractivity contribution in [2.24, 2.45) is 23.5 Å². The average Bonchev–Trinajstić information content (AvgIpc) is 3.18. The quantitative estimate of drug-likeness (QED) is 0.241. The van der Waals surface area contributed by atoms with Crippen molar-refractivity contribution in [3.63, 3.8) is 0 Å². The smallest absolute Gasteiger partial charge is 0.307 e. The van der Waals surface area contributed by atoms with Gasteiger partial charge in [-0.15, -0.1) is 0 Å². The molecular weight excluding hydrogens is 502 g/mol. The lowest BCUT2D eigenvalue weighted by molar-refractivity contribution is -0.151. The molecule has 4 atom stereocenters. The topological polar surface area (TPSA) is 172 Å². The van der Waals surface area contributed by atoms with E-state index in [0.29, 0.717) is 6.42 Å². The van der Waals surface area contributed by atoms with E-state index in [-0.39, 0.29) is 23.1 Å². The number of pyridine rings is 1. The summed E-state index contributed by atoms with van der Waals surface area (Å²) in [7, 11) is 0. The molecule has 4 rings (SSSR count). The van der Waals surface area contributed by atoms with E-state index in [4.69, 9.17) is 5.73 Å². The van der Waals surface area contributed by atoms with Crippen LogP contribution in [0.2, 0.25) is 0 Å². The summed E-state index contributed by atoms with van der Waals surface area (Å²) in [6.07, 6.45) is 2.11. The lowest BCUT2D eigenvalue weighted by Crippen LogP contribution is -2.55. The Kier molecular flexibility index (Phi) is 8.01. The van der Waals surface area contributed by atoms with Crippen molar-refractivity contribution in [3.05, 3.63) is 77.6 Å². The Morgan fingerprint density at radius 1 is 1.00 bits per heavy atom. The van der Waals surface area contributed by atoms with Crippen LogP contribution >= 0.6 is 0 Å². The van der Waals surface area contributed by atoms with Gasteiger partial charge in [0.25, 0.3) is 17.7 Å². The number of nitrogens with two attached hydrogens (primary N) is 1. The van der Waals surface area contributed by atoms with E-state index in [0.717, 1.165) is 15.7 Å². The molecule has 4 amide bonds. The number of carbonyl (C=O) groups is 5. The molecule has 11 heteroatoms. The number of aromatic nitrogens is 1. The van der Waals surface area contributed by atoms with Gasteiger partial charge in [0.1, 0.15) is 0 Å². The second kappa shape index (κ2) is 11.4. The summed E-state index contributed by atoms with van der Waals surface area (Å²) < 4.78 is 0. The van der Waals surface area contributed by atoms with Gasteiger partial charge in [0.2, 0.25) is 5.91 Å². The first-order valence-electron chi connectivity index (χ1n) is 12.5. The maximum atomic E-state index is 13.3. The number of amides is 4. The second-order valence-electron chi connectivity index (χ2n) is 9.52. The van der Waals surface area contributed by atoms with E-state index in [2.05, 4.69) is 15.8 Å². The molecule has 3 aromatic rings. The minimum Gasteiger partial charge on any atom is -0.481 e. The number of carbonyl (C=O) groups excluding carboxylic acids is 4. The van der Waals surface area contributed by atoms with Crippen LogP contribution in [-0.2, 0) is 9.59 Å². The number of nitrogens with zero attached hydrogens (tertiary/aromatic N) is 2. The Balaban J connectivity index is 1.55. The van der Waals surface area contributed by atoms with E-state index in [1.165, 1.54) is 25.4 Å². The van der Waals surface area contributed by atoms with Gasteiger partial charge in [0.05, 0.1) is 34.7 Å². The molecule has 39 heavy (non-hydrogen) atoms. The molecular formula is C28H29N5O6. The van der Waals surface area contributed by atoms with E-state index >= 15 is 0 Å². The molecule has 0 aliphatic carbocycles. The van der Waals surface area contributed by atoms with Gasteiger partial charge in [-0.3, -0.25) is 44.7 Å². The van der Waals surface area contributed by atoms with Crippen LogP contribution in [0.1, 0.15) is 57.8 Å². The molecule has 0 spiro atoms. The predicted octanol–water partition coefficient (Wildman–Crippen LogP) is 2.33. The number of carboxylic acid groups (broad SMARTS) is 1. The minimum atomic E-state index is -1.36. The van der Waals surface area contributed by atoms with Crippen LogP contribution < -0.4 is 16.6 Å². The fourth-order valence-electron chi connectivity index (χ4n) is 4.99. The first-order valence-corrected chi connectivity index (χ1v) is 12.5. The standard InChI is InChI=1S/C28H29N5O6/c1-3-7-19(25(35)32-31-24(34)18-10-6-11-30-14-18)22(28(38)39)15(2)23(29)33-26(36)20-12-16-8-4-5-9-17(16)13-21(20)27(33)37/h4-6,8-15,19,22-23H,3,7,29H2,1-2H3,(H,31,34)(H,32,35)(H,38,39)/t15?,19-,22+,23?/m0/s1. The highest BCUT2D eigenvalue weighted by Crippen LogP contribution is 2.34. The third-order valence-corrected chi connectivity index (χ3v) is 7.07. The molecule has 0 saturated heterocycles. The van der Waals surface area contributed by atoms with Gasteiger partial charge >= 0.3 is 5.97 Å². The highest BCUT2D eigenvalue weighted by atomic mass is 16.4. The van der Waals surface area contributed by atoms with Crippen molar-refractivity contribution in [3.8, 4) is 0 Å². The van der Waals surface area contributed by atoms with Crippen molar-refractivity contribution in [2.75, 3.05) is 0 Å². The van der Waals surface area contributed by atoms with Gasteiger partial charge in [-0.1, -0.05) is 44.5 Å². The highest BCUT2D eigenvalue weighted by Gasteiger charge is 2.46. The van der Waals surface area contributed by atoms with E-state index in [1.807, 2.05) is 24.3 Å². The normalized spacial score (nSPS) is 15.8. The molecule has 0 bridgehead atoms. The Morgan fingerprint density at radius 3 is 2.13 bits per heavy atom. The van der Waals surface area contributed by atoms with Crippen LogP contribution in [0, 0.1) is 17.8 Å². The van der Waals surface area contributed by atoms with Crippen LogP contribution in [0.5, 0.6) is 0 Å². The van der Waals surface area contributed by atoms with E-state index < -0.39 is 53.5 Å². The number of rotatable bonds is 9. The molecule has 0 radical (unpaired) electrons. The molecule has 11 nitrogen and oxygen atoms in total. The molecule has 1 aliphatic heterocycles. The Bertz CT molecular complexity index is 1390. The van der Waals surface area contributed by atoms with Crippen LogP contribution in [-0.4, -0.2) is 50.8 Å². The van der Waals surface area contributed by atoms with Crippen molar-refractivity contribution in [2.45, 2.75) is 32.9 Å². The fourth-order valence-corrected chi connectivity index (χ4v) is 4.99. The number of carboxylic acids is 1. The van der Waals surface area contributed by atoms with Crippen LogP contribution in [0.3, 0.4) is 0 Å². The first kappa shape index (κ1) is 27.4. The van der Waals surface area contributed by atoms with Gasteiger partial charge in [-0.2, -0.15) is 0 Å². The molecule has 2 unspecified atom stereocenters. The van der Waals surface area contributed by atoms with Crippen LogP contribution in [0.15, 0.2) is 60.9 Å². The van der Waals surface area contributed by atoms with Crippen molar-refractivity contribution < 1.29 is 29.1 Å². The summed E-state index contributed by atoms with van der Waals surface area (Å²) in [4.78, 5) is 69.2. The number of aliphatic carboxylic acids is 1. The van der Waals surface area contributed by atoms with Gasteiger partial charge < -0.3 is 10.8 Å². The summed E-state index contributed by atoms with van der Waals surface area (Å²) in [5.74, 6) is -7.38. The zero-order chi connectivity index (χ0) is 28.3. The molecule has 0 saturated carbocycles. The van der Waals surface area contributed by atoms with Gasteiger partial charge in [-0.05, 0) is 41.5 Å². The van der Waals surface area contributed by atoms with Crippen LogP contribution in [0.4, 0.5) is 0 Å². The maximum Gasteiger partial charge on any atom is 0.307 e. The summed E-state index contributed by atoms with van der Waals surface area (Å²) in [5.41, 5.74) is 11.5. The lowest BCUT2D eigenvalue weighted by Gasteiger charge is -2.34. The molecule has 1 aromatic heterocycles. The molecule has 202 valence electrons. The maximum absolute atomic E-state index is 13.3. The van der Waals surface area contributed by atoms with Crippen molar-refractivity contribution in [1.82, 2.24) is 20.7 Å². The SMILES string of the molecule is CCC[C@H](C(=O)NNC(=O)c1cccnc1)[C@H](C(=O)O)C(C)C(N)N1C(=O)c2cc3ccccc3cc2C1=O.